The predicted octanol–water partition coefficient (Wildman–Crippen LogP) is 10.2. The fourth-order valence-corrected chi connectivity index (χ4v) is 6.43. The van der Waals surface area contributed by atoms with Crippen molar-refractivity contribution in [2.45, 2.75) is 0 Å². The molecule has 47 heavy (non-hydrogen) atoms. The Kier molecular flexibility index (Phi) is 6.39. The Morgan fingerprint density at radius 1 is 0.340 bits per heavy atom. The molecule has 0 aliphatic rings. The zero-order valence-electron chi connectivity index (χ0n) is 25.3. The molecule has 0 radical (unpaired) electrons. The van der Waals surface area contributed by atoms with Gasteiger partial charge in [0, 0.05) is 38.6 Å². The maximum absolute atomic E-state index is 5.34. The van der Waals surface area contributed by atoms with Crippen molar-refractivity contribution in [3.05, 3.63) is 164 Å². The SMILES string of the molecule is c1ccc(-c2nc(-c3ccccc3)nc(-c3ccc4c(c3)c3ccccc3c3nc(-c5ccccc5)c(-c5ccccc5)n43)n2)cc1. The molecule has 0 N–H and O–H groups in total. The molecule has 0 spiro atoms. The molecule has 220 valence electrons. The summed E-state index contributed by atoms with van der Waals surface area (Å²) in [5, 5.41) is 3.31. The first-order chi connectivity index (χ1) is 23.3. The number of pyridine rings is 1. The standard InChI is InChI=1S/C42H27N5/c1-5-15-28(16-6-1)37-38(29-17-7-2-8-18-29)47-36-26-25-32(27-35(36)33-23-13-14-24-34(33)42(47)43-37)41-45-39(30-19-9-3-10-20-30)44-40(46-41)31-21-11-4-12-22-31/h1-27H. The van der Waals surface area contributed by atoms with E-state index in [-0.39, 0.29) is 0 Å². The number of hydrogen-bond acceptors (Lipinski definition) is 4. The summed E-state index contributed by atoms with van der Waals surface area (Å²) in [6, 6.07) is 56.2. The van der Waals surface area contributed by atoms with E-state index in [1.54, 1.807) is 0 Å². The van der Waals surface area contributed by atoms with E-state index in [0.717, 1.165) is 66.5 Å². The summed E-state index contributed by atoms with van der Waals surface area (Å²) >= 11 is 0. The molecule has 0 saturated heterocycles. The fourth-order valence-electron chi connectivity index (χ4n) is 6.43. The highest BCUT2D eigenvalue weighted by Crippen LogP contribution is 2.40. The maximum atomic E-state index is 5.34. The van der Waals surface area contributed by atoms with Crippen LogP contribution in [0.15, 0.2) is 164 Å². The summed E-state index contributed by atoms with van der Waals surface area (Å²) in [6.45, 7) is 0. The summed E-state index contributed by atoms with van der Waals surface area (Å²) in [6.07, 6.45) is 0. The van der Waals surface area contributed by atoms with Gasteiger partial charge in [-0.05, 0) is 23.6 Å². The third-order valence-electron chi connectivity index (χ3n) is 8.63. The molecule has 0 aliphatic carbocycles. The maximum Gasteiger partial charge on any atom is 0.164 e. The molecule has 0 amide bonds. The van der Waals surface area contributed by atoms with Crippen LogP contribution in [0.25, 0.3) is 84.0 Å². The number of fused-ring (bicyclic) bond motifs is 6. The van der Waals surface area contributed by atoms with Crippen molar-refractivity contribution in [3.63, 3.8) is 0 Å². The highest BCUT2D eigenvalue weighted by molar-refractivity contribution is 6.14. The van der Waals surface area contributed by atoms with Gasteiger partial charge >= 0.3 is 0 Å². The van der Waals surface area contributed by atoms with Gasteiger partial charge in [0.05, 0.1) is 16.9 Å². The second-order valence-electron chi connectivity index (χ2n) is 11.5. The van der Waals surface area contributed by atoms with Crippen molar-refractivity contribution >= 4 is 27.3 Å². The van der Waals surface area contributed by atoms with Crippen molar-refractivity contribution in [2.24, 2.45) is 0 Å². The molecule has 0 bridgehead atoms. The van der Waals surface area contributed by atoms with Crippen molar-refractivity contribution in [3.8, 4) is 56.7 Å². The second-order valence-corrected chi connectivity index (χ2v) is 11.5. The number of hydrogen-bond donors (Lipinski definition) is 0. The quantitative estimate of drug-likeness (QED) is 0.184. The highest BCUT2D eigenvalue weighted by Gasteiger charge is 2.21. The highest BCUT2D eigenvalue weighted by atomic mass is 15.0. The Morgan fingerprint density at radius 3 is 1.38 bits per heavy atom. The average Bonchev–Trinajstić information content (AvgIpc) is 3.57. The molecule has 9 rings (SSSR count). The molecule has 3 aromatic heterocycles. The fraction of sp³-hybridized carbons (Fsp3) is 0. The van der Waals surface area contributed by atoms with Gasteiger partial charge in [0.25, 0.3) is 0 Å². The van der Waals surface area contributed by atoms with E-state index in [1.807, 2.05) is 66.7 Å². The van der Waals surface area contributed by atoms with Crippen LogP contribution in [0.5, 0.6) is 0 Å². The summed E-state index contributed by atoms with van der Waals surface area (Å²) in [5.41, 5.74) is 9.01. The summed E-state index contributed by atoms with van der Waals surface area (Å²) in [7, 11) is 0. The van der Waals surface area contributed by atoms with Gasteiger partial charge in [0.15, 0.2) is 17.5 Å². The first-order valence-corrected chi connectivity index (χ1v) is 15.7. The number of benzene rings is 6. The van der Waals surface area contributed by atoms with Crippen molar-refractivity contribution in [1.29, 1.82) is 0 Å². The molecule has 0 unspecified atom stereocenters. The molecule has 3 heterocycles. The average molecular weight is 602 g/mol. The van der Waals surface area contributed by atoms with Crippen LogP contribution in [0.2, 0.25) is 0 Å². The molecular formula is C42H27N5. The Labute approximate surface area is 271 Å². The lowest BCUT2D eigenvalue weighted by Crippen LogP contribution is -2.00. The van der Waals surface area contributed by atoms with Gasteiger partial charge in [-0.25, -0.2) is 19.9 Å². The molecule has 0 aliphatic heterocycles. The lowest BCUT2D eigenvalue weighted by molar-refractivity contribution is 1.07. The van der Waals surface area contributed by atoms with Crippen LogP contribution in [0.1, 0.15) is 0 Å². The molecule has 6 aromatic carbocycles. The zero-order chi connectivity index (χ0) is 31.2. The minimum absolute atomic E-state index is 0.627. The normalized spacial score (nSPS) is 11.4. The first kappa shape index (κ1) is 26.9. The lowest BCUT2D eigenvalue weighted by atomic mass is 10.0. The topological polar surface area (TPSA) is 56.0 Å². The van der Waals surface area contributed by atoms with E-state index in [0.29, 0.717) is 17.5 Å². The summed E-state index contributed by atoms with van der Waals surface area (Å²) < 4.78 is 2.32. The largest absolute Gasteiger partial charge is 0.291 e. The van der Waals surface area contributed by atoms with Crippen molar-refractivity contribution in [2.75, 3.05) is 0 Å². The second kappa shape index (κ2) is 11.2. The summed E-state index contributed by atoms with van der Waals surface area (Å²) in [5.74, 6) is 1.91. The van der Waals surface area contributed by atoms with Gasteiger partial charge in [-0.2, -0.15) is 0 Å². The molecule has 5 nitrogen and oxygen atoms in total. The predicted molar refractivity (Wildman–Crippen MR) is 191 cm³/mol. The van der Waals surface area contributed by atoms with Crippen LogP contribution < -0.4 is 0 Å². The monoisotopic (exact) mass is 601 g/mol. The number of aromatic nitrogens is 5. The van der Waals surface area contributed by atoms with Crippen LogP contribution in [0, 0.1) is 0 Å². The van der Waals surface area contributed by atoms with Crippen molar-refractivity contribution < 1.29 is 0 Å². The Morgan fingerprint density at radius 2 is 0.809 bits per heavy atom. The molecular weight excluding hydrogens is 574 g/mol. The van der Waals surface area contributed by atoms with Crippen LogP contribution in [-0.2, 0) is 0 Å². The van der Waals surface area contributed by atoms with E-state index >= 15 is 0 Å². The third-order valence-corrected chi connectivity index (χ3v) is 8.63. The first-order valence-electron chi connectivity index (χ1n) is 15.7. The smallest absolute Gasteiger partial charge is 0.164 e. The van der Waals surface area contributed by atoms with E-state index in [2.05, 4.69) is 101 Å². The van der Waals surface area contributed by atoms with Gasteiger partial charge in [-0.15, -0.1) is 0 Å². The summed E-state index contributed by atoms with van der Waals surface area (Å²) in [4.78, 5) is 20.3. The Bertz CT molecular complexity index is 2490. The lowest BCUT2D eigenvalue weighted by Gasteiger charge is -2.13. The van der Waals surface area contributed by atoms with Gasteiger partial charge in [-0.3, -0.25) is 4.40 Å². The molecule has 0 fully saturated rings. The van der Waals surface area contributed by atoms with Crippen LogP contribution in [0.4, 0.5) is 0 Å². The molecule has 0 saturated carbocycles. The van der Waals surface area contributed by atoms with Gasteiger partial charge < -0.3 is 0 Å². The minimum atomic E-state index is 0.627. The molecule has 9 aromatic rings. The zero-order valence-corrected chi connectivity index (χ0v) is 25.3. The Hall–Kier alpha value is -6.46. The van der Waals surface area contributed by atoms with E-state index in [4.69, 9.17) is 19.9 Å². The van der Waals surface area contributed by atoms with Gasteiger partial charge in [0.2, 0.25) is 0 Å². The number of rotatable bonds is 5. The van der Waals surface area contributed by atoms with Gasteiger partial charge in [0.1, 0.15) is 5.65 Å². The van der Waals surface area contributed by atoms with Crippen LogP contribution in [0.3, 0.4) is 0 Å². The minimum Gasteiger partial charge on any atom is -0.291 e. The molecule has 0 atom stereocenters. The molecule has 5 heteroatoms. The van der Waals surface area contributed by atoms with Crippen LogP contribution >= 0.6 is 0 Å². The number of imidazole rings is 1. The van der Waals surface area contributed by atoms with E-state index in [1.165, 1.54) is 0 Å². The Balaban J connectivity index is 1.34. The van der Waals surface area contributed by atoms with Gasteiger partial charge in [-0.1, -0.05) is 146 Å². The van der Waals surface area contributed by atoms with E-state index in [9.17, 15) is 0 Å². The number of nitrogens with zero attached hydrogens (tertiary/aromatic N) is 5. The van der Waals surface area contributed by atoms with Crippen molar-refractivity contribution in [1.82, 2.24) is 24.3 Å². The third kappa shape index (κ3) is 4.64. The van der Waals surface area contributed by atoms with E-state index < -0.39 is 0 Å². The van der Waals surface area contributed by atoms with Crippen LogP contribution in [-0.4, -0.2) is 24.3 Å².